The Morgan fingerprint density at radius 2 is 0.750 bits per heavy atom. The van der Waals surface area contributed by atoms with Gasteiger partial charge in [0.25, 0.3) is 0 Å². The Morgan fingerprint density at radius 1 is 0.500 bits per heavy atom. The van der Waals surface area contributed by atoms with Crippen LogP contribution in [0.25, 0.3) is 0 Å². The first-order chi connectivity index (χ1) is 18.7. The van der Waals surface area contributed by atoms with Crippen molar-refractivity contribution in [3.05, 3.63) is 107 Å². The van der Waals surface area contributed by atoms with Gasteiger partial charge in [-0.1, -0.05) is 57.6 Å². The maximum absolute atomic E-state index is 19.0. The Kier molecular flexibility index (Phi) is 7.85. The topological polar surface area (TPSA) is 14.2 Å². The molecule has 0 radical (unpaired) electrons. The molecule has 0 N–H and O–H groups in total. The molecule has 0 unspecified atom stereocenters. The zero-order chi connectivity index (χ0) is 29.6. The van der Waals surface area contributed by atoms with E-state index in [1.165, 1.54) is 8.96 Å². The van der Waals surface area contributed by atoms with E-state index in [0.717, 1.165) is 44.8 Å². The van der Waals surface area contributed by atoms with Gasteiger partial charge in [-0.05, 0) is 41.5 Å². The van der Waals surface area contributed by atoms with Crippen LogP contribution in [0.15, 0.2) is 73.3 Å². The van der Waals surface area contributed by atoms with Crippen LogP contribution in [0.1, 0.15) is 33.4 Å². The number of anilines is 2. The molecule has 40 heavy (non-hydrogen) atoms. The summed E-state index contributed by atoms with van der Waals surface area (Å²) in [6.45, 7) is 11.6. The average Bonchev–Trinajstić information content (AvgIpc) is 2.87. The fraction of sp³-hybridized carbons (Fsp3) is 0.312. The number of aromatic nitrogens is 2. The van der Waals surface area contributed by atoms with Crippen molar-refractivity contribution in [3.8, 4) is 0 Å². The van der Waals surface area contributed by atoms with Crippen LogP contribution in [0.2, 0.25) is 0 Å². The molecule has 2 aromatic carbocycles. The SMILES string of the molecule is Cc1cc(C)c([B@@-](F)([n+]2ccc(N(C)C)cc2)[B@@-](F)(c2c(C)cc(C)cc2C)[n+]2ccc(N(C)C)cc2)c(C)c1. The molecule has 2 aromatic heterocycles. The van der Waals surface area contributed by atoms with Crippen LogP contribution >= 0.6 is 0 Å². The number of rotatable bonds is 7. The molecule has 4 rings (SSSR count). The molecular weight excluding hydrogens is 500 g/mol. The first-order valence-corrected chi connectivity index (χ1v) is 13.9. The highest BCUT2D eigenvalue weighted by Crippen LogP contribution is 2.26. The third kappa shape index (κ3) is 4.78. The third-order valence-electron chi connectivity index (χ3n) is 8.44. The number of aryl methyl sites for hydroxylation is 6. The van der Waals surface area contributed by atoms with Crippen LogP contribution in [0.3, 0.4) is 0 Å². The lowest BCUT2D eigenvalue weighted by molar-refractivity contribution is -0.578. The second-order valence-corrected chi connectivity index (χ2v) is 12.0. The van der Waals surface area contributed by atoms with E-state index >= 15 is 8.63 Å². The molecule has 0 aliphatic carbocycles. The standard InChI is InChI=1S/C32H42B2F2N4/c1-23-19-25(3)31(26(4)20-23)33(35,39-15-11-29(12-16-39)37(7)8)34(36,32-27(5)21-24(2)22-28(32)6)40-17-13-30(14-18-40)38(9)10/h11-22H,1-10H3/t33-,34-/m1/s1. The minimum absolute atomic E-state index is 0.402. The zero-order valence-corrected chi connectivity index (χ0v) is 25.6. The Hall–Kier alpha value is -3.67. The quantitative estimate of drug-likeness (QED) is 0.323. The van der Waals surface area contributed by atoms with E-state index in [0.29, 0.717) is 10.9 Å². The van der Waals surface area contributed by atoms with Gasteiger partial charge in [0.2, 0.25) is 0 Å². The highest BCUT2D eigenvalue weighted by molar-refractivity contribution is 7.40. The number of benzene rings is 2. The summed E-state index contributed by atoms with van der Waals surface area (Å²) in [5.41, 5.74) is 7.62. The largest absolute Gasteiger partial charge is 0.459 e. The van der Waals surface area contributed by atoms with Crippen LogP contribution in [-0.4, -0.2) is 41.1 Å². The molecule has 2 heterocycles. The van der Waals surface area contributed by atoms with Gasteiger partial charge >= 0.3 is 12.9 Å². The predicted octanol–water partition coefficient (Wildman–Crippen LogP) is 4.36. The Morgan fingerprint density at radius 3 is 0.975 bits per heavy atom. The van der Waals surface area contributed by atoms with Gasteiger partial charge in [0.05, 0.1) is 0 Å². The molecule has 0 aliphatic heterocycles. The second kappa shape index (κ2) is 10.7. The highest BCUT2D eigenvalue weighted by Gasteiger charge is 2.65. The molecule has 0 bridgehead atoms. The Labute approximate surface area is 238 Å². The normalized spacial score (nSPS) is 14.4. The smallest absolute Gasteiger partial charge is 0.431 e. The summed E-state index contributed by atoms with van der Waals surface area (Å²) in [6.07, 6.45) is -0.395. The summed E-state index contributed by atoms with van der Waals surface area (Å²) >= 11 is 0. The second-order valence-electron chi connectivity index (χ2n) is 12.0. The third-order valence-corrected chi connectivity index (χ3v) is 8.44. The fourth-order valence-electron chi connectivity index (χ4n) is 6.81. The monoisotopic (exact) mass is 542 g/mol. The van der Waals surface area contributed by atoms with E-state index < -0.39 is 12.9 Å². The van der Waals surface area contributed by atoms with Crippen molar-refractivity contribution in [2.45, 2.75) is 41.5 Å². The molecule has 0 aliphatic rings. The van der Waals surface area contributed by atoms with Crippen molar-refractivity contribution in [2.75, 3.05) is 38.0 Å². The van der Waals surface area contributed by atoms with Crippen LogP contribution in [0, 0.1) is 41.5 Å². The number of nitrogens with zero attached hydrogens (tertiary/aromatic N) is 4. The van der Waals surface area contributed by atoms with Gasteiger partial charge in [0, 0.05) is 63.8 Å². The van der Waals surface area contributed by atoms with Gasteiger partial charge in [0.1, 0.15) is 24.8 Å². The molecule has 4 nitrogen and oxygen atoms in total. The Balaban J connectivity index is 2.21. The maximum atomic E-state index is 19.0. The van der Waals surface area contributed by atoms with Crippen molar-refractivity contribution < 1.29 is 17.6 Å². The summed E-state index contributed by atoms with van der Waals surface area (Å²) in [4.78, 5) is 3.91. The minimum Gasteiger partial charge on any atom is -0.459 e. The van der Waals surface area contributed by atoms with E-state index in [9.17, 15) is 0 Å². The highest BCUT2D eigenvalue weighted by atomic mass is 19.1. The summed E-state index contributed by atoms with van der Waals surface area (Å²) < 4.78 is 41.0. The summed E-state index contributed by atoms with van der Waals surface area (Å²) in [6, 6.07) is 15.2. The summed E-state index contributed by atoms with van der Waals surface area (Å²) in [7, 11) is 7.75. The first-order valence-electron chi connectivity index (χ1n) is 13.9. The van der Waals surface area contributed by atoms with E-state index in [-0.39, 0.29) is 0 Å². The molecule has 210 valence electrons. The molecule has 0 amide bonds. The van der Waals surface area contributed by atoms with Gasteiger partial charge in [-0.2, -0.15) is 0 Å². The maximum Gasteiger partial charge on any atom is 0.431 e. The van der Waals surface area contributed by atoms with E-state index in [1.807, 2.05) is 128 Å². The number of halogens is 2. The van der Waals surface area contributed by atoms with Gasteiger partial charge in [-0.15, -0.1) is 10.9 Å². The minimum atomic E-state index is -3.58. The lowest BCUT2D eigenvalue weighted by Gasteiger charge is -2.45. The lowest BCUT2D eigenvalue weighted by atomic mass is 9.07. The lowest BCUT2D eigenvalue weighted by Crippen LogP contribution is -2.95. The van der Waals surface area contributed by atoms with Crippen molar-refractivity contribution in [1.82, 2.24) is 0 Å². The molecule has 2 atom stereocenters. The van der Waals surface area contributed by atoms with Crippen LogP contribution in [0.4, 0.5) is 20.0 Å². The van der Waals surface area contributed by atoms with Crippen molar-refractivity contribution in [2.24, 2.45) is 0 Å². The first kappa shape index (κ1) is 29.3. The van der Waals surface area contributed by atoms with Crippen LogP contribution in [0.5, 0.6) is 0 Å². The summed E-state index contributed by atoms with van der Waals surface area (Å²) in [5.74, 6) is 0. The van der Waals surface area contributed by atoms with Gasteiger partial charge < -0.3 is 27.4 Å². The molecule has 0 saturated carbocycles. The molecular formula is C32H42B2F2N4. The fourth-order valence-corrected chi connectivity index (χ4v) is 6.81. The number of hydrogen-bond donors (Lipinski definition) is 0. The Bertz CT molecular complexity index is 1380. The van der Waals surface area contributed by atoms with E-state index in [1.54, 1.807) is 24.8 Å². The zero-order valence-electron chi connectivity index (χ0n) is 25.6. The van der Waals surface area contributed by atoms with Crippen molar-refractivity contribution >= 4 is 35.2 Å². The van der Waals surface area contributed by atoms with Crippen LogP contribution in [-0.2, 0) is 0 Å². The van der Waals surface area contributed by atoms with Crippen LogP contribution < -0.4 is 29.7 Å². The molecule has 0 saturated heterocycles. The number of hydrogen-bond acceptors (Lipinski definition) is 2. The van der Waals surface area contributed by atoms with Crippen molar-refractivity contribution in [1.29, 1.82) is 0 Å². The van der Waals surface area contributed by atoms with Gasteiger partial charge in [-0.3, -0.25) is 0 Å². The van der Waals surface area contributed by atoms with Gasteiger partial charge in [-0.25, -0.2) is 0 Å². The molecule has 4 aromatic rings. The predicted molar refractivity (Wildman–Crippen MR) is 167 cm³/mol. The molecule has 0 fully saturated rings. The van der Waals surface area contributed by atoms with Crippen molar-refractivity contribution in [3.63, 3.8) is 0 Å². The molecule has 0 spiro atoms. The number of pyridine rings is 2. The van der Waals surface area contributed by atoms with E-state index in [2.05, 4.69) is 0 Å². The van der Waals surface area contributed by atoms with E-state index in [4.69, 9.17) is 0 Å². The summed E-state index contributed by atoms with van der Waals surface area (Å²) in [5, 5.41) is 0. The van der Waals surface area contributed by atoms with Gasteiger partial charge in [0.15, 0.2) is 0 Å². The average molecular weight is 542 g/mol. The molecule has 8 heteroatoms.